The quantitative estimate of drug-likeness (QED) is 0.764. The zero-order valence-corrected chi connectivity index (χ0v) is 16.8. The van der Waals surface area contributed by atoms with E-state index in [-0.39, 0.29) is 11.8 Å². The Hall–Kier alpha value is -2.84. The molecule has 0 bridgehead atoms. The van der Waals surface area contributed by atoms with Crippen LogP contribution < -0.4 is 4.74 Å². The van der Waals surface area contributed by atoms with Gasteiger partial charge in [-0.05, 0) is 62.1 Å². The summed E-state index contributed by atoms with van der Waals surface area (Å²) in [6.45, 7) is 5.31. The van der Waals surface area contributed by atoms with E-state index in [1.54, 1.807) is 6.20 Å². The van der Waals surface area contributed by atoms with E-state index in [9.17, 15) is 4.79 Å². The second-order valence-electron chi connectivity index (χ2n) is 7.93. The van der Waals surface area contributed by atoms with E-state index >= 15 is 0 Å². The van der Waals surface area contributed by atoms with Crippen LogP contribution in [-0.2, 0) is 16.8 Å². The van der Waals surface area contributed by atoms with E-state index in [0.717, 1.165) is 30.8 Å². The molecule has 1 spiro atoms. The van der Waals surface area contributed by atoms with E-state index in [2.05, 4.69) is 39.9 Å². The Balaban J connectivity index is 1.48. The molecule has 1 aromatic carbocycles. The summed E-state index contributed by atoms with van der Waals surface area (Å²) < 4.78 is 5.37. The number of ether oxygens (including phenoxy) is 1. The van der Waals surface area contributed by atoms with Gasteiger partial charge in [-0.2, -0.15) is 0 Å². The van der Waals surface area contributed by atoms with Crippen molar-refractivity contribution in [3.8, 4) is 17.7 Å². The highest BCUT2D eigenvalue weighted by Crippen LogP contribution is 2.52. The third-order valence-corrected chi connectivity index (χ3v) is 5.70. The Morgan fingerprint density at radius 1 is 1.24 bits per heavy atom. The van der Waals surface area contributed by atoms with Gasteiger partial charge in [0.15, 0.2) is 0 Å². The molecule has 0 radical (unpaired) electrons. The smallest absolute Gasteiger partial charge is 0.303 e. The van der Waals surface area contributed by atoms with Crippen LogP contribution in [0.3, 0.4) is 0 Å². The second kappa shape index (κ2) is 8.26. The highest BCUT2D eigenvalue weighted by atomic mass is 16.5. The lowest BCUT2D eigenvalue weighted by Gasteiger charge is -2.35. The molecule has 2 aliphatic rings. The van der Waals surface area contributed by atoms with Gasteiger partial charge in [0.05, 0.1) is 6.61 Å². The maximum Gasteiger partial charge on any atom is 0.303 e. The zero-order valence-electron chi connectivity index (χ0n) is 16.8. The normalized spacial score (nSPS) is 16.6. The van der Waals surface area contributed by atoms with Crippen LogP contribution in [-0.4, -0.2) is 40.7 Å². The van der Waals surface area contributed by atoms with Gasteiger partial charge in [0, 0.05) is 48.3 Å². The summed E-state index contributed by atoms with van der Waals surface area (Å²) in [5.74, 6) is 6.38. The lowest BCUT2D eigenvalue weighted by atomic mass is 9.85. The molecule has 1 aliphatic carbocycles. The van der Waals surface area contributed by atoms with Crippen LogP contribution in [0.5, 0.6) is 5.88 Å². The summed E-state index contributed by atoms with van der Waals surface area (Å²) in [5, 5.41) is 8.88. The average molecular weight is 390 g/mol. The Bertz CT molecular complexity index is 952. The molecule has 0 unspecified atom stereocenters. The van der Waals surface area contributed by atoms with Gasteiger partial charge in [0.1, 0.15) is 0 Å². The SMILES string of the molecule is CCOc1ccc(C#Cc2ccc3c(c2)C2(CC2)CN(CCCC(=O)O)C3)cn1. The number of carboxylic acid groups (broad SMARTS) is 1. The molecule has 1 saturated carbocycles. The van der Waals surface area contributed by atoms with E-state index in [0.29, 0.717) is 18.9 Å². The second-order valence-corrected chi connectivity index (χ2v) is 7.93. The largest absolute Gasteiger partial charge is 0.481 e. The monoisotopic (exact) mass is 390 g/mol. The van der Waals surface area contributed by atoms with E-state index < -0.39 is 5.97 Å². The minimum absolute atomic E-state index is 0.241. The van der Waals surface area contributed by atoms with Crippen molar-refractivity contribution < 1.29 is 14.6 Å². The number of aromatic nitrogens is 1. The number of carbonyl (C=O) groups is 1. The first-order valence-corrected chi connectivity index (χ1v) is 10.3. The minimum atomic E-state index is -0.713. The molecule has 2 aromatic rings. The molecule has 1 aliphatic heterocycles. The van der Waals surface area contributed by atoms with Crippen molar-refractivity contribution in [2.75, 3.05) is 19.7 Å². The van der Waals surface area contributed by atoms with E-state index in [1.165, 1.54) is 24.0 Å². The van der Waals surface area contributed by atoms with Crippen LogP contribution in [0, 0.1) is 11.8 Å². The van der Waals surface area contributed by atoms with Crippen LogP contribution in [0.2, 0.25) is 0 Å². The van der Waals surface area contributed by atoms with Gasteiger partial charge >= 0.3 is 5.97 Å². The molecule has 29 heavy (non-hydrogen) atoms. The summed E-state index contributed by atoms with van der Waals surface area (Å²) in [4.78, 5) is 17.5. The number of hydrogen-bond acceptors (Lipinski definition) is 4. The van der Waals surface area contributed by atoms with Crippen LogP contribution in [0.1, 0.15) is 54.9 Å². The van der Waals surface area contributed by atoms with Crippen molar-refractivity contribution in [2.45, 2.75) is 44.6 Å². The van der Waals surface area contributed by atoms with Crippen LogP contribution in [0.4, 0.5) is 0 Å². The molecular weight excluding hydrogens is 364 g/mol. The Morgan fingerprint density at radius 3 is 2.72 bits per heavy atom. The molecule has 2 heterocycles. The number of fused-ring (bicyclic) bond motifs is 2. The number of rotatable bonds is 6. The van der Waals surface area contributed by atoms with Gasteiger partial charge in [-0.15, -0.1) is 0 Å². The molecule has 0 saturated heterocycles. The number of benzene rings is 1. The highest BCUT2D eigenvalue weighted by Gasteiger charge is 2.48. The summed E-state index contributed by atoms with van der Waals surface area (Å²) in [6.07, 6.45) is 5.10. The summed E-state index contributed by atoms with van der Waals surface area (Å²) in [7, 11) is 0. The Labute approximate surface area is 171 Å². The molecule has 1 aromatic heterocycles. The highest BCUT2D eigenvalue weighted by molar-refractivity contribution is 5.66. The number of carboxylic acids is 1. The molecule has 0 amide bonds. The molecule has 4 rings (SSSR count). The Morgan fingerprint density at radius 2 is 2.03 bits per heavy atom. The molecule has 5 nitrogen and oxygen atoms in total. The van der Waals surface area contributed by atoms with E-state index in [4.69, 9.17) is 9.84 Å². The fraction of sp³-hybridized carbons (Fsp3) is 0.417. The van der Waals surface area contributed by atoms with Gasteiger partial charge in [0.25, 0.3) is 0 Å². The first-order chi connectivity index (χ1) is 14.1. The van der Waals surface area contributed by atoms with Crippen molar-refractivity contribution >= 4 is 5.97 Å². The third kappa shape index (κ3) is 4.60. The zero-order chi connectivity index (χ0) is 20.3. The van der Waals surface area contributed by atoms with Gasteiger partial charge in [-0.1, -0.05) is 17.9 Å². The number of aliphatic carboxylic acids is 1. The minimum Gasteiger partial charge on any atom is -0.481 e. The fourth-order valence-corrected chi connectivity index (χ4v) is 4.12. The fourth-order valence-electron chi connectivity index (χ4n) is 4.12. The first-order valence-electron chi connectivity index (χ1n) is 10.3. The summed E-state index contributed by atoms with van der Waals surface area (Å²) in [5.41, 5.74) is 4.94. The predicted octanol–water partition coefficient (Wildman–Crippen LogP) is 3.59. The maximum absolute atomic E-state index is 10.8. The van der Waals surface area contributed by atoms with Crippen molar-refractivity contribution in [3.05, 3.63) is 58.8 Å². The van der Waals surface area contributed by atoms with Crippen LogP contribution in [0.25, 0.3) is 0 Å². The topological polar surface area (TPSA) is 62.7 Å². The first kappa shape index (κ1) is 19.5. The van der Waals surface area contributed by atoms with Crippen LogP contribution in [0.15, 0.2) is 36.5 Å². The van der Waals surface area contributed by atoms with Gasteiger partial charge in [-0.3, -0.25) is 9.69 Å². The third-order valence-electron chi connectivity index (χ3n) is 5.70. The van der Waals surface area contributed by atoms with Crippen molar-refractivity contribution in [3.63, 3.8) is 0 Å². The molecule has 1 N–H and O–H groups in total. The lowest BCUT2D eigenvalue weighted by molar-refractivity contribution is -0.137. The van der Waals surface area contributed by atoms with Crippen molar-refractivity contribution in [1.29, 1.82) is 0 Å². The van der Waals surface area contributed by atoms with E-state index in [1.807, 2.05) is 19.1 Å². The molecule has 5 heteroatoms. The lowest BCUT2D eigenvalue weighted by Crippen LogP contribution is -2.38. The number of pyridine rings is 1. The van der Waals surface area contributed by atoms with Crippen molar-refractivity contribution in [1.82, 2.24) is 9.88 Å². The molecule has 0 atom stereocenters. The summed E-state index contributed by atoms with van der Waals surface area (Å²) >= 11 is 0. The van der Waals surface area contributed by atoms with Gasteiger partial charge in [0.2, 0.25) is 5.88 Å². The number of nitrogens with zero attached hydrogens (tertiary/aromatic N) is 2. The molecule has 150 valence electrons. The van der Waals surface area contributed by atoms with Crippen molar-refractivity contribution in [2.24, 2.45) is 0 Å². The standard InChI is InChI=1S/C24H26N2O3/c1-2-29-22-10-8-19(15-25-22)6-5-18-7-9-20-16-26(13-3-4-23(27)28)17-24(11-12-24)21(20)14-18/h7-10,14-15H,2-4,11-13,16-17H2,1H3,(H,27,28). The average Bonchev–Trinajstić information content (AvgIpc) is 3.47. The summed E-state index contributed by atoms with van der Waals surface area (Å²) in [6, 6.07) is 10.3. The van der Waals surface area contributed by atoms with Crippen LogP contribution >= 0.6 is 0 Å². The van der Waals surface area contributed by atoms with Gasteiger partial charge < -0.3 is 9.84 Å². The molecular formula is C24H26N2O3. The Kier molecular flexibility index (Phi) is 5.55. The maximum atomic E-state index is 10.8. The predicted molar refractivity (Wildman–Crippen MR) is 111 cm³/mol. The number of hydrogen-bond donors (Lipinski definition) is 1. The molecule has 1 fully saturated rings. The van der Waals surface area contributed by atoms with Gasteiger partial charge in [-0.25, -0.2) is 4.98 Å².